The summed E-state index contributed by atoms with van der Waals surface area (Å²) < 4.78 is 26.8. The van der Waals surface area contributed by atoms with Crippen LogP contribution in [0, 0.1) is 5.92 Å². The Balaban J connectivity index is 1.66. The van der Waals surface area contributed by atoms with E-state index in [1.807, 2.05) is 35.2 Å². The second kappa shape index (κ2) is 7.01. The number of benzene rings is 1. The fraction of sp³-hybridized carbons (Fsp3) is 0.588. The van der Waals surface area contributed by atoms with Gasteiger partial charge in [-0.3, -0.25) is 4.79 Å². The second-order valence-corrected chi connectivity index (χ2v) is 8.44. The molecule has 2 aliphatic rings. The Labute approximate surface area is 138 Å². The lowest BCUT2D eigenvalue weighted by Gasteiger charge is -2.33. The molecule has 0 saturated carbocycles. The zero-order valence-corrected chi connectivity index (χ0v) is 14.2. The monoisotopic (exact) mass is 336 g/mol. The van der Waals surface area contributed by atoms with Crippen molar-refractivity contribution >= 4 is 15.9 Å². The molecule has 0 N–H and O–H groups in total. The van der Waals surface area contributed by atoms with Gasteiger partial charge in [0.25, 0.3) is 0 Å². The molecule has 1 atom stereocenters. The maximum Gasteiger partial charge on any atom is 0.227 e. The van der Waals surface area contributed by atoms with Gasteiger partial charge in [0.05, 0.1) is 11.7 Å². The standard InChI is InChI=1S/C17H24N2O3S/c20-17(18-10-4-5-11-18)16-9-6-12-19(13-16)23(21,22)14-15-7-2-1-3-8-15/h1-3,7-8,16H,4-6,9-14H2/t16-/m0/s1. The van der Waals surface area contributed by atoms with Gasteiger partial charge in [0.15, 0.2) is 0 Å². The van der Waals surface area contributed by atoms with Crippen LogP contribution < -0.4 is 0 Å². The summed E-state index contributed by atoms with van der Waals surface area (Å²) in [6.45, 7) is 2.52. The number of carbonyl (C=O) groups excluding carboxylic acids is 1. The molecule has 1 aromatic rings. The van der Waals surface area contributed by atoms with Crippen LogP contribution in [0.25, 0.3) is 0 Å². The van der Waals surface area contributed by atoms with Crippen molar-refractivity contribution in [1.29, 1.82) is 0 Å². The van der Waals surface area contributed by atoms with Crippen LogP contribution in [0.5, 0.6) is 0 Å². The molecule has 2 fully saturated rings. The second-order valence-electron chi connectivity index (χ2n) is 6.47. The molecule has 126 valence electrons. The predicted octanol–water partition coefficient (Wildman–Crippen LogP) is 1.85. The van der Waals surface area contributed by atoms with Gasteiger partial charge < -0.3 is 4.90 Å². The maximum atomic E-state index is 12.6. The summed E-state index contributed by atoms with van der Waals surface area (Å²) in [4.78, 5) is 14.4. The number of piperidine rings is 1. The summed E-state index contributed by atoms with van der Waals surface area (Å²) in [6, 6.07) is 9.23. The quantitative estimate of drug-likeness (QED) is 0.843. The van der Waals surface area contributed by atoms with E-state index in [1.54, 1.807) is 0 Å². The van der Waals surface area contributed by atoms with E-state index < -0.39 is 10.0 Å². The topological polar surface area (TPSA) is 57.7 Å². The van der Waals surface area contributed by atoms with Gasteiger partial charge in [-0.2, -0.15) is 0 Å². The van der Waals surface area contributed by atoms with Crippen LogP contribution in [-0.2, 0) is 20.6 Å². The van der Waals surface area contributed by atoms with Crippen molar-refractivity contribution in [3.63, 3.8) is 0 Å². The van der Waals surface area contributed by atoms with E-state index >= 15 is 0 Å². The fourth-order valence-corrected chi connectivity index (χ4v) is 5.08. The van der Waals surface area contributed by atoms with Crippen LogP contribution in [0.15, 0.2) is 30.3 Å². The minimum Gasteiger partial charge on any atom is -0.342 e. The number of amides is 1. The molecule has 1 amide bonds. The normalized spacial score (nSPS) is 23.1. The van der Waals surface area contributed by atoms with Gasteiger partial charge >= 0.3 is 0 Å². The van der Waals surface area contributed by atoms with Crippen molar-refractivity contribution in [2.24, 2.45) is 5.92 Å². The Bertz CT molecular complexity index is 639. The van der Waals surface area contributed by atoms with Gasteiger partial charge in [0, 0.05) is 26.2 Å². The van der Waals surface area contributed by atoms with E-state index in [-0.39, 0.29) is 17.6 Å². The summed E-state index contributed by atoms with van der Waals surface area (Å²) in [5.41, 5.74) is 0.792. The molecule has 0 aliphatic carbocycles. The van der Waals surface area contributed by atoms with Crippen LogP contribution in [0.4, 0.5) is 0 Å². The first-order valence-corrected chi connectivity index (χ1v) is 9.98. The molecule has 0 radical (unpaired) electrons. The third kappa shape index (κ3) is 3.93. The van der Waals surface area contributed by atoms with Crippen LogP contribution in [0.2, 0.25) is 0 Å². The SMILES string of the molecule is O=C([C@H]1CCCN(S(=O)(=O)Cc2ccccc2)C1)N1CCCC1. The summed E-state index contributed by atoms with van der Waals surface area (Å²) >= 11 is 0. The zero-order chi connectivity index (χ0) is 16.3. The Morgan fingerprint density at radius 1 is 1.04 bits per heavy atom. The van der Waals surface area contributed by atoms with Crippen molar-refractivity contribution in [1.82, 2.24) is 9.21 Å². The van der Waals surface area contributed by atoms with Crippen molar-refractivity contribution in [2.45, 2.75) is 31.4 Å². The highest BCUT2D eigenvalue weighted by molar-refractivity contribution is 7.88. The first-order chi connectivity index (χ1) is 11.1. The summed E-state index contributed by atoms with van der Waals surface area (Å²) in [5, 5.41) is 0. The molecule has 0 bridgehead atoms. The number of nitrogens with zero attached hydrogens (tertiary/aromatic N) is 2. The molecule has 2 saturated heterocycles. The van der Waals surface area contributed by atoms with E-state index in [4.69, 9.17) is 0 Å². The number of rotatable bonds is 4. The molecule has 6 heteroatoms. The van der Waals surface area contributed by atoms with E-state index in [2.05, 4.69) is 0 Å². The smallest absolute Gasteiger partial charge is 0.227 e. The minimum atomic E-state index is -3.36. The van der Waals surface area contributed by atoms with Crippen molar-refractivity contribution in [2.75, 3.05) is 26.2 Å². The van der Waals surface area contributed by atoms with Crippen LogP contribution in [-0.4, -0.2) is 49.7 Å². The zero-order valence-electron chi connectivity index (χ0n) is 13.4. The Hall–Kier alpha value is -1.40. The van der Waals surface area contributed by atoms with E-state index in [0.29, 0.717) is 13.1 Å². The van der Waals surface area contributed by atoms with E-state index in [9.17, 15) is 13.2 Å². The molecule has 0 spiro atoms. The van der Waals surface area contributed by atoms with Crippen molar-refractivity contribution < 1.29 is 13.2 Å². The van der Waals surface area contributed by atoms with Crippen LogP contribution >= 0.6 is 0 Å². The average Bonchev–Trinajstić information content (AvgIpc) is 3.09. The molecule has 23 heavy (non-hydrogen) atoms. The number of sulfonamides is 1. The first-order valence-electron chi connectivity index (χ1n) is 8.37. The summed E-state index contributed by atoms with van der Waals surface area (Å²) in [6.07, 6.45) is 3.69. The molecule has 0 unspecified atom stereocenters. The maximum absolute atomic E-state index is 12.6. The number of carbonyl (C=O) groups is 1. The largest absolute Gasteiger partial charge is 0.342 e. The molecular formula is C17H24N2O3S. The molecular weight excluding hydrogens is 312 g/mol. The van der Waals surface area contributed by atoms with Gasteiger partial charge in [-0.15, -0.1) is 0 Å². The Morgan fingerprint density at radius 3 is 2.43 bits per heavy atom. The van der Waals surface area contributed by atoms with Gasteiger partial charge in [0.2, 0.25) is 15.9 Å². The molecule has 3 rings (SSSR count). The van der Waals surface area contributed by atoms with E-state index in [0.717, 1.165) is 44.3 Å². The third-order valence-electron chi connectivity index (χ3n) is 4.74. The predicted molar refractivity (Wildman–Crippen MR) is 89.2 cm³/mol. The van der Waals surface area contributed by atoms with E-state index in [1.165, 1.54) is 4.31 Å². The molecule has 2 heterocycles. The highest BCUT2D eigenvalue weighted by Crippen LogP contribution is 2.24. The molecule has 1 aromatic carbocycles. The number of hydrogen-bond donors (Lipinski definition) is 0. The molecule has 0 aromatic heterocycles. The third-order valence-corrected chi connectivity index (χ3v) is 6.55. The lowest BCUT2D eigenvalue weighted by molar-refractivity contribution is -0.135. The lowest BCUT2D eigenvalue weighted by atomic mass is 9.98. The summed E-state index contributed by atoms with van der Waals surface area (Å²) in [5.74, 6) is -0.0205. The fourth-order valence-electron chi connectivity index (χ4n) is 3.47. The van der Waals surface area contributed by atoms with Gasteiger partial charge in [-0.1, -0.05) is 30.3 Å². The Kier molecular flexibility index (Phi) is 5.02. The highest BCUT2D eigenvalue weighted by atomic mass is 32.2. The van der Waals surface area contributed by atoms with Crippen LogP contribution in [0.1, 0.15) is 31.2 Å². The van der Waals surface area contributed by atoms with Gasteiger partial charge in [-0.05, 0) is 31.2 Å². The minimum absolute atomic E-state index is 0.0124. The first kappa shape index (κ1) is 16.5. The number of hydrogen-bond acceptors (Lipinski definition) is 3. The number of likely N-dealkylation sites (tertiary alicyclic amines) is 1. The molecule has 2 aliphatic heterocycles. The highest BCUT2D eigenvalue weighted by Gasteiger charge is 2.34. The molecule has 5 nitrogen and oxygen atoms in total. The lowest BCUT2D eigenvalue weighted by Crippen LogP contribution is -2.46. The van der Waals surface area contributed by atoms with Gasteiger partial charge in [-0.25, -0.2) is 12.7 Å². The Morgan fingerprint density at radius 2 is 1.74 bits per heavy atom. The van der Waals surface area contributed by atoms with Crippen LogP contribution in [0.3, 0.4) is 0 Å². The summed E-state index contributed by atoms with van der Waals surface area (Å²) in [7, 11) is -3.36. The van der Waals surface area contributed by atoms with Crippen molar-refractivity contribution in [3.05, 3.63) is 35.9 Å². The van der Waals surface area contributed by atoms with Gasteiger partial charge in [0.1, 0.15) is 0 Å². The van der Waals surface area contributed by atoms with Crippen molar-refractivity contribution in [3.8, 4) is 0 Å². The average molecular weight is 336 g/mol.